The predicted octanol–water partition coefficient (Wildman–Crippen LogP) is 4.86. The van der Waals surface area contributed by atoms with Gasteiger partial charge in [-0.1, -0.05) is 24.0 Å². The molecule has 1 saturated heterocycles. The van der Waals surface area contributed by atoms with Crippen molar-refractivity contribution in [2.24, 2.45) is 0 Å². The number of nitrogens with two attached hydrogens (primary N) is 1. The number of pyridine rings is 1. The summed E-state index contributed by atoms with van der Waals surface area (Å²) in [6.45, 7) is 7.53. The molecule has 7 heteroatoms. The van der Waals surface area contributed by atoms with Gasteiger partial charge in [0.2, 0.25) is 0 Å². The summed E-state index contributed by atoms with van der Waals surface area (Å²) < 4.78 is 6.22. The zero-order valence-electron chi connectivity index (χ0n) is 20.2. The summed E-state index contributed by atoms with van der Waals surface area (Å²) in [7, 11) is 2.17. The minimum atomic E-state index is -1.04. The number of thiazole rings is 1. The number of hydrogen-bond acceptors (Lipinski definition) is 7. The van der Waals surface area contributed by atoms with Gasteiger partial charge < -0.3 is 20.5 Å². The van der Waals surface area contributed by atoms with Crippen LogP contribution in [0.2, 0.25) is 0 Å². The van der Waals surface area contributed by atoms with Gasteiger partial charge in [-0.15, -0.1) is 11.3 Å². The molecule has 178 valence electrons. The van der Waals surface area contributed by atoms with Crippen molar-refractivity contribution in [3.05, 3.63) is 58.9 Å². The smallest absolute Gasteiger partial charge is 0.166 e. The molecule has 1 fully saturated rings. The third kappa shape index (κ3) is 6.15. The van der Waals surface area contributed by atoms with Crippen LogP contribution in [0, 0.1) is 11.8 Å². The first-order valence-electron chi connectivity index (χ1n) is 11.6. The molecule has 1 aliphatic rings. The van der Waals surface area contributed by atoms with Gasteiger partial charge in [-0.25, -0.2) is 9.97 Å². The molecule has 3 aromatic rings. The van der Waals surface area contributed by atoms with E-state index < -0.39 is 5.60 Å². The standard InChI is InChI=1S/C27H32N4O2S/c1-18(21-7-5-6-19(14-21)8-11-27(2,3)32)33-23-15-22(16-29-25(23)28)24-17-30-26(34-24)20-9-12-31(4)13-10-20/h5-7,14-18,20,32H,9-10,12-13H2,1-4H3,(H2,28,29). The van der Waals surface area contributed by atoms with Crippen molar-refractivity contribution in [3.63, 3.8) is 0 Å². The first kappa shape index (κ1) is 24.2. The average molecular weight is 477 g/mol. The van der Waals surface area contributed by atoms with E-state index in [1.54, 1.807) is 31.4 Å². The Hall–Kier alpha value is -2.92. The molecule has 0 aliphatic carbocycles. The number of rotatable bonds is 5. The summed E-state index contributed by atoms with van der Waals surface area (Å²) >= 11 is 1.73. The summed E-state index contributed by atoms with van der Waals surface area (Å²) in [5, 5.41) is 11.1. The number of nitrogens with zero attached hydrogens (tertiary/aromatic N) is 3. The number of benzene rings is 1. The summed E-state index contributed by atoms with van der Waals surface area (Å²) in [5.41, 5.74) is 7.86. The fraction of sp³-hybridized carbons (Fsp3) is 0.407. The Labute approximate surface area is 205 Å². The Morgan fingerprint density at radius 1 is 1.21 bits per heavy atom. The Kier molecular flexibility index (Phi) is 7.22. The molecule has 4 rings (SSSR count). The monoisotopic (exact) mass is 476 g/mol. The van der Waals surface area contributed by atoms with Crippen molar-refractivity contribution < 1.29 is 9.84 Å². The van der Waals surface area contributed by atoms with E-state index in [0.717, 1.165) is 47.5 Å². The number of likely N-dealkylation sites (tertiary alicyclic amines) is 1. The zero-order chi connectivity index (χ0) is 24.3. The van der Waals surface area contributed by atoms with Gasteiger partial charge in [0.1, 0.15) is 11.7 Å². The fourth-order valence-electron chi connectivity index (χ4n) is 3.90. The third-order valence-electron chi connectivity index (χ3n) is 5.93. The van der Waals surface area contributed by atoms with Gasteiger partial charge in [0.25, 0.3) is 0 Å². The second kappa shape index (κ2) is 10.1. The van der Waals surface area contributed by atoms with Gasteiger partial charge in [-0.05, 0) is 77.5 Å². The van der Waals surface area contributed by atoms with Crippen LogP contribution in [-0.4, -0.2) is 45.7 Å². The van der Waals surface area contributed by atoms with Crippen LogP contribution in [0.25, 0.3) is 10.4 Å². The number of hydrogen-bond donors (Lipinski definition) is 2. The molecule has 1 aliphatic heterocycles. The average Bonchev–Trinajstić information content (AvgIpc) is 3.29. The summed E-state index contributed by atoms with van der Waals surface area (Å²) in [6.07, 6.45) is 5.76. The Bertz CT molecular complexity index is 1200. The lowest BCUT2D eigenvalue weighted by atomic mass is 9.98. The lowest BCUT2D eigenvalue weighted by Crippen LogP contribution is -2.29. The van der Waals surface area contributed by atoms with Gasteiger partial charge in [0.15, 0.2) is 11.6 Å². The quantitative estimate of drug-likeness (QED) is 0.512. The molecule has 34 heavy (non-hydrogen) atoms. The maximum absolute atomic E-state index is 9.86. The highest BCUT2D eigenvalue weighted by molar-refractivity contribution is 7.15. The number of piperidine rings is 1. The first-order chi connectivity index (χ1) is 16.2. The minimum Gasteiger partial charge on any atom is -0.482 e. The Morgan fingerprint density at radius 3 is 2.71 bits per heavy atom. The summed E-state index contributed by atoms with van der Waals surface area (Å²) in [5.74, 6) is 7.29. The maximum atomic E-state index is 9.86. The molecule has 1 atom stereocenters. The molecule has 6 nitrogen and oxygen atoms in total. The topological polar surface area (TPSA) is 84.5 Å². The van der Waals surface area contributed by atoms with E-state index in [4.69, 9.17) is 15.5 Å². The van der Waals surface area contributed by atoms with E-state index in [2.05, 4.69) is 28.8 Å². The van der Waals surface area contributed by atoms with Crippen LogP contribution < -0.4 is 10.5 Å². The highest BCUT2D eigenvalue weighted by Crippen LogP contribution is 2.37. The number of anilines is 1. The van der Waals surface area contributed by atoms with Crippen molar-refractivity contribution in [3.8, 4) is 28.0 Å². The highest BCUT2D eigenvalue weighted by Gasteiger charge is 2.22. The van der Waals surface area contributed by atoms with Gasteiger partial charge >= 0.3 is 0 Å². The normalized spacial score (nSPS) is 16.0. The SMILES string of the molecule is CC(Oc1cc(-c2cnc(C3CCN(C)CC3)s2)cnc1N)c1cccc(C#CC(C)(C)O)c1. The van der Waals surface area contributed by atoms with E-state index in [9.17, 15) is 5.11 Å². The van der Waals surface area contributed by atoms with Crippen LogP contribution >= 0.6 is 11.3 Å². The van der Waals surface area contributed by atoms with Crippen LogP contribution in [0.3, 0.4) is 0 Å². The van der Waals surface area contributed by atoms with Crippen molar-refractivity contribution in [2.75, 3.05) is 25.9 Å². The molecule has 0 bridgehead atoms. The van der Waals surface area contributed by atoms with Gasteiger partial charge in [-0.3, -0.25) is 0 Å². The fourth-order valence-corrected chi connectivity index (χ4v) is 4.97. The molecular weight excluding hydrogens is 444 g/mol. The van der Waals surface area contributed by atoms with Crippen LogP contribution in [0.15, 0.2) is 42.7 Å². The minimum absolute atomic E-state index is 0.250. The molecule has 3 N–H and O–H groups in total. The second-order valence-electron chi connectivity index (χ2n) is 9.44. The Morgan fingerprint density at radius 2 is 1.97 bits per heavy atom. The molecule has 1 aromatic carbocycles. The van der Waals surface area contributed by atoms with Crippen molar-refractivity contribution in [2.45, 2.75) is 51.2 Å². The highest BCUT2D eigenvalue weighted by atomic mass is 32.1. The van der Waals surface area contributed by atoms with Gasteiger partial charge in [-0.2, -0.15) is 0 Å². The zero-order valence-corrected chi connectivity index (χ0v) is 21.0. The number of aliphatic hydroxyl groups is 1. The van der Waals surface area contributed by atoms with Crippen LogP contribution in [-0.2, 0) is 0 Å². The molecule has 1 unspecified atom stereocenters. The van der Waals surface area contributed by atoms with Crippen LogP contribution in [0.1, 0.15) is 61.8 Å². The number of nitrogen functional groups attached to an aromatic ring is 1. The molecule has 0 saturated carbocycles. The van der Waals surface area contributed by atoms with E-state index in [-0.39, 0.29) is 6.10 Å². The summed E-state index contributed by atoms with van der Waals surface area (Å²) in [6, 6.07) is 9.75. The predicted molar refractivity (Wildman–Crippen MR) is 138 cm³/mol. The van der Waals surface area contributed by atoms with E-state index in [0.29, 0.717) is 17.5 Å². The van der Waals surface area contributed by atoms with Gasteiger partial charge in [0, 0.05) is 29.4 Å². The van der Waals surface area contributed by atoms with Crippen molar-refractivity contribution in [1.29, 1.82) is 0 Å². The van der Waals surface area contributed by atoms with E-state index in [1.807, 2.05) is 43.5 Å². The molecule has 0 spiro atoms. The van der Waals surface area contributed by atoms with Crippen molar-refractivity contribution in [1.82, 2.24) is 14.9 Å². The largest absolute Gasteiger partial charge is 0.482 e. The molecule has 3 heterocycles. The Balaban J connectivity index is 1.50. The lowest BCUT2D eigenvalue weighted by molar-refractivity contribution is 0.143. The molecular formula is C27H32N4O2S. The lowest BCUT2D eigenvalue weighted by Gasteiger charge is -2.27. The van der Waals surface area contributed by atoms with Crippen LogP contribution in [0.4, 0.5) is 5.82 Å². The molecule has 2 aromatic heterocycles. The number of ether oxygens (including phenoxy) is 1. The van der Waals surface area contributed by atoms with Gasteiger partial charge in [0.05, 0.1) is 9.88 Å². The van der Waals surface area contributed by atoms with E-state index >= 15 is 0 Å². The first-order valence-corrected chi connectivity index (χ1v) is 12.4. The number of aromatic nitrogens is 2. The molecule has 0 amide bonds. The third-order valence-corrected chi connectivity index (χ3v) is 7.14. The maximum Gasteiger partial charge on any atom is 0.166 e. The van der Waals surface area contributed by atoms with Crippen molar-refractivity contribution >= 4 is 17.2 Å². The molecule has 0 radical (unpaired) electrons. The summed E-state index contributed by atoms with van der Waals surface area (Å²) in [4.78, 5) is 12.5. The van der Waals surface area contributed by atoms with E-state index in [1.165, 1.54) is 5.01 Å². The van der Waals surface area contributed by atoms with Crippen LogP contribution in [0.5, 0.6) is 5.75 Å². The second-order valence-corrected chi connectivity index (χ2v) is 10.5.